The van der Waals surface area contributed by atoms with Gasteiger partial charge in [0, 0.05) is 11.1 Å². The van der Waals surface area contributed by atoms with Gasteiger partial charge in [-0.3, -0.25) is 0 Å². The molecule has 1 aromatic rings. The summed E-state index contributed by atoms with van der Waals surface area (Å²) in [5.74, 6) is 0.507. The number of hydrogen-bond acceptors (Lipinski definition) is 1. The standard InChI is InChI=1S/C15H21ClFN/c1-10-7-14(16)12(9-15(10)17)8-11-3-5-13(18-2)6-4-11/h7,9,11,13,18H,3-6,8H2,1-2H3. The van der Waals surface area contributed by atoms with Crippen LogP contribution < -0.4 is 5.32 Å². The second-order valence-corrected chi connectivity index (χ2v) is 5.81. The van der Waals surface area contributed by atoms with Crippen molar-refractivity contribution in [3.05, 3.63) is 34.1 Å². The van der Waals surface area contributed by atoms with Crippen LogP contribution in [0.4, 0.5) is 4.39 Å². The summed E-state index contributed by atoms with van der Waals surface area (Å²) in [5.41, 5.74) is 1.59. The number of nitrogens with one attached hydrogen (secondary N) is 1. The van der Waals surface area contributed by atoms with Gasteiger partial charge in [0.05, 0.1) is 0 Å². The van der Waals surface area contributed by atoms with Crippen molar-refractivity contribution in [2.45, 2.75) is 45.1 Å². The molecule has 0 saturated heterocycles. The van der Waals surface area contributed by atoms with E-state index in [9.17, 15) is 4.39 Å². The average Bonchev–Trinajstić information content (AvgIpc) is 2.37. The first kappa shape index (κ1) is 13.8. The number of halogens is 2. The summed E-state index contributed by atoms with van der Waals surface area (Å²) in [7, 11) is 2.03. The predicted molar refractivity (Wildman–Crippen MR) is 74.7 cm³/mol. The van der Waals surface area contributed by atoms with Crippen molar-refractivity contribution < 1.29 is 4.39 Å². The molecule has 0 unspecified atom stereocenters. The molecule has 0 heterocycles. The Morgan fingerprint density at radius 1 is 1.28 bits per heavy atom. The van der Waals surface area contributed by atoms with Crippen LogP contribution >= 0.6 is 11.6 Å². The molecule has 1 nitrogen and oxygen atoms in total. The fourth-order valence-electron chi connectivity index (χ4n) is 2.81. The highest BCUT2D eigenvalue weighted by Gasteiger charge is 2.21. The molecule has 0 atom stereocenters. The van der Waals surface area contributed by atoms with Gasteiger partial charge in [-0.25, -0.2) is 4.39 Å². The molecule has 0 radical (unpaired) electrons. The molecule has 0 spiro atoms. The van der Waals surface area contributed by atoms with Crippen molar-refractivity contribution in [2.24, 2.45) is 5.92 Å². The van der Waals surface area contributed by atoms with Crippen LogP contribution in [-0.2, 0) is 6.42 Å². The van der Waals surface area contributed by atoms with E-state index < -0.39 is 0 Å². The highest BCUT2D eigenvalue weighted by molar-refractivity contribution is 6.31. The minimum absolute atomic E-state index is 0.140. The summed E-state index contributed by atoms with van der Waals surface area (Å²) in [6.45, 7) is 1.75. The summed E-state index contributed by atoms with van der Waals surface area (Å²) in [5, 5.41) is 4.04. The Balaban J connectivity index is 2.00. The Bertz CT molecular complexity index is 411. The zero-order valence-corrected chi connectivity index (χ0v) is 11.9. The van der Waals surface area contributed by atoms with Gasteiger partial charge >= 0.3 is 0 Å². The summed E-state index contributed by atoms with van der Waals surface area (Å²) >= 11 is 6.20. The van der Waals surface area contributed by atoms with Crippen molar-refractivity contribution >= 4 is 11.6 Å². The molecule has 1 aliphatic rings. The molecule has 2 rings (SSSR count). The van der Waals surface area contributed by atoms with Gasteiger partial charge in [0.2, 0.25) is 0 Å². The predicted octanol–water partition coefficient (Wildman–Crippen LogP) is 4.11. The minimum Gasteiger partial charge on any atom is -0.317 e. The number of aryl methyl sites for hydroxylation is 1. The van der Waals surface area contributed by atoms with Crippen LogP contribution in [0.5, 0.6) is 0 Å². The van der Waals surface area contributed by atoms with E-state index in [-0.39, 0.29) is 5.82 Å². The lowest BCUT2D eigenvalue weighted by molar-refractivity contribution is 0.300. The van der Waals surface area contributed by atoms with Crippen molar-refractivity contribution in [1.29, 1.82) is 0 Å². The van der Waals surface area contributed by atoms with Gasteiger partial charge in [0.25, 0.3) is 0 Å². The highest BCUT2D eigenvalue weighted by Crippen LogP contribution is 2.30. The maximum atomic E-state index is 13.6. The largest absolute Gasteiger partial charge is 0.317 e. The van der Waals surface area contributed by atoms with Crippen LogP contribution in [0.2, 0.25) is 5.02 Å². The van der Waals surface area contributed by atoms with E-state index in [1.165, 1.54) is 25.7 Å². The van der Waals surface area contributed by atoms with E-state index in [4.69, 9.17) is 11.6 Å². The topological polar surface area (TPSA) is 12.0 Å². The maximum absolute atomic E-state index is 13.6. The van der Waals surface area contributed by atoms with Crippen LogP contribution in [0.15, 0.2) is 12.1 Å². The molecular formula is C15H21ClFN. The van der Waals surface area contributed by atoms with Gasteiger partial charge in [-0.15, -0.1) is 0 Å². The normalized spacial score (nSPS) is 24.2. The Morgan fingerprint density at radius 2 is 1.94 bits per heavy atom. The van der Waals surface area contributed by atoms with Crippen LogP contribution in [0.3, 0.4) is 0 Å². The van der Waals surface area contributed by atoms with E-state index in [0.717, 1.165) is 12.0 Å². The smallest absolute Gasteiger partial charge is 0.126 e. The van der Waals surface area contributed by atoms with E-state index in [1.54, 1.807) is 19.1 Å². The van der Waals surface area contributed by atoms with Crippen LogP contribution in [0.25, 0.3) is 0 Å². The van der Waals surface area contributed by atoms with Gasteiger partial charge in [0.15, 0.2) is 0 Å². The Morgan fingerprint density at radius 3 is 2.56 bits per heavy atom. The molecule has 1 saturated carbocycles. The first-order chi connectivity index (χ1) is 8.60. The fourth-order valence-corrected chi connectivity index (χ4v) is 3.11. The molecule has 1 aliphatic carbocycles. The van der Waals surface area contributed by atoms with Gasteiger partial charge < -0.3 is 5.32 Å². The summed E-state index contributed by atoms with van der Waals surface area (Å²) in [6.07, 6.45) is 5.75. The minimum atomic E-state index is -0.140. The van der Waals surface area contributed by atoms with E-state index in [0.29, 0.717) is 22.5 Å². The molecule has 1 fully saturated rings. The number of benzene rings is 1. The SMILES string of the molecule is CNC1CCC(Cc2cc(F)c(C)cc2Cl)CC1. The van der Waals surface area contributed by atoms with Gasteiger partial charge in [-0.05, 0) is 75.3 Å². The van der Waals surface area contributed by atoms with Crippen LogP contribution in [-0.4, -0.2) is 13.1 Å². The van der Waals surface area contributed by atoms with Crippen molar-refractivity contribution in [1.82, 2.24) is 5.32 Å². The lowest BCUT2D eigenvalue weighted by Gasteiger charge is -2.28. The van der Waals surface area contributed by atoms with Crippen molar-refractivity contribution in [3.63, 3.8) is 0 Å². The molecule has 1 aromatic carbocycles. The summed E-state index contributed by atoms with van der Waals surface area (Å²) < 4.78 is 13.6. The average molecular weight is 270 g/mol. The van der Waals surface area contributed by atoms with Crippen LogP contribution in [0, 0.1) is 18.7 Å². The highest BCUT2D eigenvalue weighted by atomic mass is 35.5. The van der Waals surface area contributed by atoms with Gasteiger partial charge in [0.1, 0.15) is 5.82 Å². The molecular weight excluding hydrogens is 249 g/mol. The molecule has 1 N–H and O–H groups in total. The first-order valence-electron chi connectivity index (χ1n) is 6.72. The zero-order chi connectivity index (χ0) is 13.1. The quantitative estimate of drug-likeness (QED) is 0.871. The van der Waals surface area contributed by atoms with Crippen molar-refractivity contribution in [3.8, 4) is 0 Å². The molecule has 100 valence electrons. The molecule has 0 aliphatic heterocycles. The Kier molecular flexibility index (Phi) is 4.63. The third-order valence-electron chi connectivity index (χ3n) is 4.09. The monoisotopic (exact) mass is 269 g/mol. The maximum Gasteiger partial charge on any atom is 0.126 e. The third kappa shape index (κ3) is 3.24. The summed E-state index contributed by atoms with van der Waals surface area (Å²) in [4.78, 5) is 0. The number of hydrogen-bond donors (Lipinski definition) is 1. The molecule has 18 heavy (non-hydrogen) atoms. The van der Waals surface area contributed by atoms with E-state index in [2.05, 4.69) is 5.32 Å². The number of rotatable bonds is 3. The van der Waals surface area contributed by atoms with Crippen molar-refractivity contribution in [2.75, 3.05) is 7.05 Å². The van der Waals surface area contributed by atoms with Gasteiger partial charge in [-0.1, -0.05) is 11.6 Å². The zero-order valence-electron chi connectivity index (χ0n) is 11.1. The summed E-state index contributed by atoms with van der Waals surface area (Å²) in [6, 6.07) is 4.01. The first-order valence-corrected chi connectivity index (χ1v) is 7.09. The molecule has 0 aromatic heterocycles. The third-order valence-corrected chi connectivity index (χ3v) is 4.44. The Hall–Kier alpha value is -0.600. The second kappa shape index (κ2) is 6.03. The van der Waals surface area contributed by atoms with E-state index >= 15 is 0 Å². The lowest BCUT2D eigenvalue weighted by atomic mass is 9.82. The van der Waals surface area contributed by atoms with E-state index in [1.807, 2.05) is 7.05 Å². The second-order valence-electron chi connectivity index (χ2n) is 5.40. The Labute approximate surface area is 114 Å². The van der Waals surface area contributed by atoms with Gasteiger partial charge in [-0.2, -0.15) is 0 Å². The molecule has 0 amide bonds. The van der Waals surface area contributed by atoms with Crippen LogP contribution in [0.1, 0.15) is 36.8 Å². The lowest BCUT2D eigenvalue weighted by Crippen LogP contribution is -2.30. The molecule has 3 heteroatoms. The molecule has 0 bridgehead atoms. The fraction of sp³-hybridized carbons (Fsp3) is 0.600.